The molecule has 0 bridgehead atoms. The third-order valence-electron chi connectivity index (χ3n) is 4.79. The molecule has 3 heterocycles. The van der Waals surface area contributed by atoms with Crippen LogP contribution in [-0.2, 0) is 18.3 Å². The van der Waals surface area contributed by atoms with Crippen LogP contribution in [0.4, 0.5) is 0 Å². The Morgan fingerprint density at radius 1 is 1.14 bits per heavy atom. The number of thiazole rings is 1. The van der Waals surface area contributed by atoms with Gasteiger partial charge in [0.1, 0.15) is 5.82 Å². The minimum atomic E-state index is -0.160. The van der Waals surface area contributed by atoms with E-state index >= 15 is 0 Å². The van der Waals surface area contributed by atoms with Gasteiger partial charge in [-0.3, -0.25) is 4.79 Å². The molecule has 3 aromatic heterocycles. The number of carbonyl (C=O) groups is 1. The van der Waals surface area contributed by atoms with Crippen LogP contribution in [-0.4, -0.2) is 25.0 Å². The zero-order valence-corrected chi connectivity index (χ0v) is 17.0. The second kappa shape index (κ2) is 7.59. The highest BCUT2D eigenvalue weighted by Crippen LogP contribution is 2.25. The van der Waals surface area contributed by atoms with E-state index in [-0.39, 0.29) is 24.3 Å². The summed E-state index contributed by atoms with van der Waals surface area (Å²) < 4.78 is 4.01. The lowest BCUT2D eigenvalue weighted by molar-refractivity contribution is -0.121. The maximum atomic E-state index is 12.7. The van der Waals surface area contributed by atoms with Gasteiger partial charge >= 0.3 is 0 Å². The van der Waals surface area contributed by atoms with E-state index in [0.29, 0.717) is 0 Å². The summed E-state index contributed by atoms with van der Waals surface area (Å²) in [6.07, 6.45) is 4.15. The Kier molecular flexibility index (Phi) is 5.00. The number of aryl methyl sites for hydroxylation is 1. The van der Waals surface area contributed by atoms with Crippen molar-refractivity contribution < 1.29 is 4.79 Å². The third kappa shape index (κ3) is 3.57. The van der Waals surface area contributed by atoms with Gasteiger partial charge in [0, 0.05) is 24.8 Å². The molecule has 1 aromatic carbocycles. The van der Waals surface area contributed by atoms with E-state index in [2.05, 4.69) is 28.7 Å². The number of rotatable bonds is 6. The lowest BCUT2D eigenvalue weighted by Crippen LogP contribution is -2.34. The molecule has 0 aliphatic rings. The lowest BCUT2D eigenvalue weighted by Gasteiger charge is -2.22. The van der Waals surface area contributed by atoms with Gasteiger partial charge in [0.15, 0.2) is 5.13 Å². The molecule has 144 valence electrons. The highest BCUT2D eigenvalue weighted by molar-refractivity contribution is 7.12. The molecule has 4 rings (SSSR count). The number of hydrogen-bond donors (Lipinski definition) is 1. The third-order valence-corrected chi connectivity index (χ3v) is 5.69. The lowest BCUT2D eigenvalue weighted by atomic mass is 10.0. The molecule has 0 spiro atoms. The van der Waals surface area contributed by atoms with Gasteiger partial charge in [-0.15, -0.1) is 11.3 Å². The van der Waals surface area contributed by atoms with Gasteiger partial charge in [0.05, 0.1) is 29.2 Å². The van der Waals surface area contributed by atoms with Crippen LogP contribution in [0.25, 0.3) is 16.2 Å². The Hall–Kier alpha value is -2.93. The average Bonchev–Trinajstić information content (AvgIpc) is 3.40. The number of nitrogens with one attached hydrogen (secondary N) is 1. The van der Waals surface area contributed by atoms with Crippen molar-refractivity contribution in [1.29, 1.82) is 0 Å². The fourth-order valence-electron chi connectivity index (χ4n) is 3.32. The van der Waals surface area contributed by atoms with Crippen LogP contribution in [0.5, 0.6) is 0 Å². The monoisotopic (exact) mass is 393 g/mol. The van der Waals surface area contributed by atoms with Gasteiger partial charge in [-0.25, -0.2) is 9.97 Å². The summed E-state index contributed by atoms with van der Waals surface area (Å²) in [6, 6.07) is 11.8. The maximum Gasteiger partial charge on any atom is 0.226 e. The Labute approximate surface area is 167 Å². The molecule has 1 unspecified atom stereocenters. The molecule has 1 amide bonds. The molecule has 0 saturated heterocycles. The van der Waals surface area contributed by atoms with Gasteiger partial charge in [-0.05, 0) is 30.2 Å². The zero-order valence-electron chi connectivity index (χ0n) is 16.2. The van der Waals surface area contributed by atoms with E-state index in [4.69, 9.17) is 4.98 Å². The Bertz CT molecular complexity index is 1090. The van der Waals surface area contributed by atoms with Crippen LogP contribution in [0.15, 0.2) is 54.2 Å². The van der Waals surface area contributed by atoms with Crippen molar-refractivity contribution in [3.8, 4) is 5.13 Å². The van der Waals surface area contributed by atoms with Crippen LogP contribution < -0.4 is 5.32 Å². The molecule has 1 atom stereocenters. The van der Waals surface area contributed by atoms with Crippen molar-refractivity contribution in [3.05, 3.63) is 65.7 Å². The molecule has 0 saturated carbocycles. The summed E-state index contributed by atoms with van der Waals surface area (Å²) in [4.78, 5) is 22.1. The van der Waals surface area contributed by atoms with E-state index in [0.717, 1.165) is 27.7 Å². The summed E-state index contributed by atoms with van der Waals surface area (Å²) in [5.74, 6) is 1.04. The summed E-state index contributed by atoms with van der Waals surface area (Å²) in [5, 5.41) is 5.97. The van der Waals surface area contributed by atoms with Crippen LogP contribution in [0, 0.1) is 5.92 Å². The van der Waals surface area contributed by atoms with Crippen molar-refractivity contribution in [2.45, 2.75) is 26.3 Å². The second-order valence-corrected chi connectivity index (χ2v) is 8.03. The number of fused-ring (bicyclic) bond motifs is 1. The molecule has 4 aromatic rings. The first-order chi connectivity index (χ1) is 13.5. The number of para-hydroxylation sites is 2. The van der Waals surface area contributed by atoms with Crippen LogP contribution in [0.1, 0.15) is 31.4 Å². The Morgan fingerprint density at radius 2 is 1.89 bits per heavy atom. The molecule has 7 heteroatoms. The summed E-state index contributed by atoms with van der Waals surface area (Å²) >= 11 is 1.53. The normalized spacial score (nSPS) is 12.6. The quantitative estimate of drug-likeness (QED) is 0.541. The van der Waals surface area contributed by atoms with Crippen molar-refractivity contribution in [2.75, 3.05) is 0 Å². The van der Waals surface area contributed by atoms with Crippen molar-refractivity contribution >= 4 is 28.3 Å². The van der Waals surface area contributed by atoms with Crippen molar-refractivity contribution in [3.63, 3.8) is 0 Å². The number of amides is 1. The summed E-state index contributed by atoms with van der Waals surface area (Å²) in [7, 11) is 2.00. The van der Waals surface area contributed by atoms with E-state index in [9.17, 15) is 4.79 Å². The van der Waals surface area contributed by atoms with E-state index in [1.54, 1.807) is 0 Å². The molecular weight excluding hydrogens is 370 g/mol. The molecule has 1 N–H and O–H groups in total. The second-order valence-electron chi connectivity index (χ2n) is 7.20. The van der Waals surface area contributed by atoms with Crippen LogP contribution >= 0.6 is 11.3 Å². The average molecular weight is 394 g/mol. The molecule has 0 aliphatic heterocycles. The molecular formula is C21H23N5OS. The first-order valence-electron chi connectivity index (χ1n) is 9.31. The molecule has 28 heavy (non-hydrogen) atoms. The highest BCUT2D eigenvalue weighted by atomic mass is 32.1. The first kappa shape index (κ1) is 18.4. The molecule has 6 nitrogen and oxygen atoms in total. The highest BCUT2D eigenvalue weighted by Gasteiger charge is 2.24. The number of benzene rings is 1. The van der Waals surface area contributed by atoms with Gasteiger partial charge < -0.3 is 14.5 Å². The van der Waals surface area contributed by atoms with E-state index < -0.39 is 0 Å². The first-order valence-corrected chi connectivity index (χ1v) is 10.2. The summed E-state index contributed by atoms with van der Waals surface area (Å²) in [5.41, 5.74) is 2.78. The number of carbonyl (C=O) groups excluding carboxylic acids is 1. The number of nitrogens with zero attached hydrogens (tertiary/aromatic N) is 4. The predicted molar refractivity (Wildman–Crippen MR) is 112 cm³/mol. The smallest absolute Gasteiger partial charge is 0.226 e. The number of imidazole rings is 1. The topological polar surface area (TPSA) is 64.7 Å². The van der Waals surface area contributed by atoms with Crippen LogP contribution in [0.3, 0.4) is 0 Å². The largest absolute Gasteiger partial charge is 0.346 e. The molecule has 0 fully saturated rings. The number of aromatic nitrogens is 4. The van der Waals surface area contributed by atoms with Gasteiger partial charge in [-0.1, -0.05) is 26.0 Å². The van der Waals surface area contributed by atoms with E-state index in [1.165, 1.54) is 11.3 Å². The van der Waals surface area contributed by atoms with Crippen LogP contribution in [0.2, 0.25) is 0 Å². The van der Waals surface area contributed by atoms with Gasteiger partial charge in [0.25, 0.3) is 0 Å². The fraction of sp³-hybridized carbons (Fsp3) is 0.286. The van der Waals surface area contributed by atoms with Gasteiger partial charge in [-0.2, -0.15) is 0 Å². The standard InChI is InChI=1S/C21H23N5OS/c1-14(2)19(20-23-16-8-4-5-9-17(16)25(20)3)24-18(27)12-15-13-28-21(22-15)26-10-6-7-11-26/h4-11,13-14,19H,12H2,1-3H3,(H,24,27). The Morgan fingerprint density at radius 3 is 2.61 bits per heavy atom. The number of hydrogen-bond acceptors (Lipinski definition) is 4. The fourth-order valence-corrected chi connectivity index (χ4v) is 4.11. The van der Waals surface area contributed by atoms with E-state index in [1.807, 2.05) is 65.8 Å². The zero-order chi connectivity index (χ0) is 19.7. The predicted octanol–water partition coefficient (Wildman–Crippen LogP) is 3.88. The maximum absolute atomic E-state index is 12.7. The minimum Gasteiger partial charge on any atom is -0.346 e. The van der Waals surface area contributed by atoms with Gasteiger partial charge in [0.2, 0.25) is 5.91 Å². The summed E-state index contributed by atoms with van der Waals surface area (Å²) in [6.45, 7) is 4.19. The molecule has 0 radical (unpaired) electrons. The van der Waals surface area contributed by atoms with Crippen molar-refractivity contribution in [1.82, 2.24) is 24.4 Å². The molecule has 0 aliphatic carbocycles. The SMILES string of the molecule is CC(C)C(NC(=O)Cc1csc(-n2cccc2)n1)c1nc2ccccc2n1C. The van der Waals surface area contributed by atoms with Crippen molar-refractivity contribution in [2.24, 2.45) is 13.0 Å². The Balaban J connectivity index is 1.51. The minimum absolute atomic E-state index is 0.0462.